The van der Waals surface area contributed by atoms with Crippen molar-refractivity contribution >= 4 is 34.9 Å². The molecule has 3 aromatic rings. The van der Waals surface area contributed by atoms with Crippen molar-refractivity contribution in [3.63, 3.8) is 0 Å². The number of rotatable bonds is 7. The first-order valence-corrected chi connectivity index (χ1v) is 12.6. The van der Waals surface area contributed by atoms with Crippen molar-refractivity contribution < 1.29 is 14.4 Å². The largest absolute Gasteiger partial charge is 0.324 e. The molecular weight excluding hydrogens is 448 g/mol. The van der Waals surface area contributed by atoms with Crippen LogP contribution >= 0.6 is 11.8 Å². The van der Waals surface area contributed by atoms with Gasteiger partial charge in [0.2, 0.25) is 11.1 Å². The van der Waals surface area contributed by atoms with Gasteiger partial charge in [-0.2, -0.15) is 0 Å². The topological polar surface area (TPSA) is 105 Å². The number of ketones is 2. The number of aromatic nitrogens is 3. The Hall–Kier alpha value is -3.26. The molecule has 0 radical (unpaired) electrons. The molecule has 5 rings (SSSR count). The number of H-pyrrole nitrogens is 1. The third-order valence-electron chi connectivity index (χ3n) is 6.64. The van der Waals surface area contributed by atoms with Crippen molar-refractivity contribution in [2.45, 2.75) is 55.9 Å². The zero-order chi connectivity index (χ0) is 23.7. The maximum absolute atomic E-state index is 13.1. The second-order valence-electron chi connectivity index (χ2n) is 8.94. The summed E-state index contributed by atoms with van der Waals surface area (Å²) < 4.78 is 0. The Morgan fingerprint density at radius 3 is 2.53 bits per heavy atom. The highest BCUT2D eigenvalue weighted by Crippen LogP contribution is 2.33. The van der Waals surface area contributed by atoms with Crippen LogP contribution in [0.1, 0.15) is 76.7 Å². The van der Waals surface area contributed by atoms with Crippen LogP contribution in [-0.2, 0) is 11.2 Å². The van der Waals surface area contributed by atoms with Crippen molar-refractivity contribution in [1.29, 1.82) is 0 Å². The molecule has 1 fully saturated rings. The lowest BCUT2D eigenvalue weighted by Gasteiger charge is -2.21. The molecule has 1 heterocycles. The van der Waals surface area contributed by atoms with Gasteiger partial charge < -0.3 is 5.32 Å². The highest BCUT2D eigenvalue weighted by atomic mass is 32.2. The maximum Gasteiger partial charge on any atom is 0.237 e. The Morgan fingerprint density at radius 1 is 1.06 bits per heavy atom. The van der Waals surface area contributed by atoms with E-state index in [2.05, 4.69) is 20.5 Å². The van der Waals surface area contributed by atoms with Crippen molar-refractivity contribution in [1.82, 2.24) is 15.2 Å². The first-order chi connectivity index (χ1) is 16.5. The van der Waals surface area contributed by atoms with Crippen LogP contribution in [0.3, 0.4) is 0 Å². The number of carbonyl (C=O) groups is 3. The molecule has 8 heteroatoms. The highest BCUT2D eigenvalue weighted by molar-refractivity contribution is 8.00. The van der Waals surface area contributed by atoms with E-state index >= 15 is 0 Å². The lowest BCUT2D eigenvalue weighted by molar-refractivity contribution is -0.115. The number of nitrogens with zero attached hydrogens (tertiary/aromatic N) is 2. The van der Waals surface area contributed by atoms with E-state index in [-0.39, 0.29) is 23.0 Å². The van der Waals surface area contributed by atoms with Crippen molar-refractivity contribution in [2.75, 3.05) is 5.32 Å². The number of carbonyl (C=O) groups excluding carboxylic acids is 3. The number of hydrogen-bond donors (Lipinski definition) is 2. The molecule has 0 spiro atoms. The zero-order valence-electron chi connectivity index (χ0n) is 19.0. The number of anilines is 1. The SMILES string of the molecule is CC(Sc1n[nH]c(CCC2CCCC2)n1)C(=O)Nc1cccc2c1C(=O)c1ccccc1C2=O. The summed E-state index contributed by atoms with van der Waals surface area (Å²) in [5.41, 5.74) is 1.64. The van der Waals surface area contributed by atoms with Crippen molar-refractivity contribution in [3.05, 3.63) is 70.5 Å². The standard InChI is InChI=1S/C26H26N4O3S/c1-15(34-26-28-21(29-30-26)14-13-16-7-2-3-8-16)25(33)27-20-12-6-11-19-22(20)24(32)18-10-5-4-9-17(18)23(19)31/h4-6,9-12,15-16H,2-3,7-8,13-14H2,1H3,(H,27,33)(H,28,29,30). The summed E-state index contributed by atoms with van der Waals surface area (Å²) in [6.45, 7) is 1.77. The Labute approximate surface area is 202 Å². The number of hydrogen-bond acceptors (Lipinski definition) is 6. The van der Waals surface area contributed by atoms with E-state index in [4.69, 9.17) is 0 Å². The maximum atomic E-state index is 13.1. The molecule has 0 aliphatic heterocycles. The molecule has 0 bridgehead atoms. The summed E-state index contributed by atoms with van der Waals surface area (Å²) >= 11 is 1.26. The second-order valence-corrected chi connectivity index (χ2v) is 10.2. The van der Waals surface area contributed by atoms with Gasteiger partial charge in [-0.25, -0.2) is 4.98 Å². The summed E-state index contributed by atoms with van der Waals surface area (Å²) in [5, 5.41) is 10.1. The number of amides is 1. The molecule has 34 heavy (non-hydrogen) atoms. The summed E-state index contributed by atoms with van der Waals surface area (Å²) in [4.78, 5) is 43.5. The van der Waals surface area contributed by atoms with Crippen molar-refractivity contribution in [3.8, 4) is 0 Å². The number of aromatic amines is 1. The molecule has 2 aromatic carbocycles. The average Bonchev–Trinajstić information content (AvgIpc) is 3.53. The van der Waals surface area contributed by atoms with Crippen LogP contribution in [0.5, 0.6) is 0 Å². The quantitative estimate of drug-likeness (QED) is 0.372. The summed E-state index contributed by atoms with van der Waals surface area (Å²) in [5.74, 6) is 0.873. The van der Waals surface area contributed by atoms with Gasteiger partial charge in [0, 0.05) is 23.1 Å². The van der Waals surface area contributed by atoms with E-state index < -0.39 is 5.25 Å². The lowest BCUT2D eigenvalue weighted by atomic mass is 9.83. The molecule has 2 N–H and O–H groups in total. The van der Waals surface area contributed by atoms with Gasteiger partial charge in [-0.3, -0.25) is 19.5 Å². The van der Waals surface area contributed by atoms with Gasteiger partial charge in [0.05, 0.1) is 16.5 Å². The zero-order valence-corrected chi connectivity index (χ0v) is 19.8. The third-order valence-corrected chi connectivity index (χ3v) is 7.60. The number of fused-ring (bicyclic) bond motifs is 2. The Bertz CT molecular complexity index is 1260. The first kappa shape index (κ1) is 22.5. The van der Waals surface area contributed by atoms with Gasteiger partial charge in [0.25, 0.3) is 0 Å². The molecule has 1 atom stereocenters. The average molecular weight is 475 g/mol. The van der Waals surface area contributed by atoms with E-state index in [0.29, 0.717) is 27.5 Å². The van der Waals surface area contributed by atoms with E-state index in [1.165, 1.54) is 37.4 Å². The van der Waals surface area contributed by atoms with Crippen LogP contribution in [0.2, 0.25) is 0 Å². The summed E-state index contributed by atoms with van der Waals surface area (Å²) in [7, 11) is 0. The van der Waals surface area contributed by atoms with E-state index in [0.717, 1.165) is 24.6 Å². The number of nitrogens with one attached hydrogen (secondary N) is 2. The minimum atomic E-state index is -0.490. The fourth-order valence-corrected chi connectivity index (χ4v) is 5.52. The third kappa shape index (κ3) is 4.42. The second kappa shape index (κ2) is 9.54. The van der Waals surface area contributed by atoms with Crippen LogP contribution in [0.4, 0.5) is 5.69 Å². The van der Waals surface area contributed by atoms with Gasteiger partial charge in [-0.1, -0.05) is 73.8 Å². The molecule has 1 amide bonds. The lowest BCUT2D eigenvalue weighted by Crippen LogP contribution is -2.27. The predicted octanol–water partition coefficient (Wildman–Crippen LogP) is 4.82. The summed E-state index contributed by atoms with van der Waals surface area (Å²) in [6.07, 6.45) is 7.24. The monoisotopic (exact) mass is 474 g/mol. The minimum absolute atomic E-state index is 0.213. The first-order valence-electron chi connectivity index (χ1n) is 11.7. The molecule has 7 nitrogen and oxygen atoms in total. The highest BCUT2D eigenvalue weighted by Gasteiger charge is 2.32. The van der Waals surface area contributed by atoms with Crippen LogP contribution in [0.25, 0.3) is 0 Å². The Morgan fingerprint density at radius 2 is 1.76 bits per heavy atom. The predicted molar refractivity (Wildman–Crippen MR) is 130 cm³/mol. The van der Waals surface area contributed by atoms with Gasteiger partial charge in [-0.15, -0.1) is 5.10 Å². The van der Waals surface area contributed by atoms with E-state index in [1.807, 2.05) is 0 Å². The molecule has 174 valence electrons. The number of aryl methyl sites for hydroxylation is 1. The van der Waals surface area contributed by atoms with Gasteiger partial charge in [0.15, 0.2) is 11.6 Å². The van der Waals surface area contributed by atoms with E-state index in [9.17, 15) is 14.4 Å². The molecule has 2 aliphatic carbocycles. The number of benzene rings is 2. The van der Waals surface area contributed by atoms with Crippen LogP contribution < -0.4 is 5.32 Å². The van der Waals surface area contributed by atoms with Crippen molar-refractivity contribution in [2.24, 2.45) is 5.92 Å². The van der Waals surface area contributed by atoms with Crippen LogP contribution in [0, 0.1) is 5.92 Å². The minimum Gasteiger partial charge on any atom is -0.324 e. The Kier molecular flexibility index (Phi) is 6.32. The molecular formula is C26H26N4O3S. The molecule has 1 saturated carbocycles. The normalized spacial score (nSPS) is 16.3. The Balaban J connectivity index is 1.26. The van der Waals surface area contributed by atoms with E-state index in [1.54, 1.807) is 49.4 Å². The van der Waals surface area contributed by atoms with Crippen LogP contribution in [-0.4, -0.2) is 37.9 Å². The molecule has 0 saturated heterocycles. The number of thioether (sulfide) groups is 1. The van der Waals surface area contributed by atoms with Crippen LogP contribution in [0.15, 0.2) is 47.6 Å². The molecule has 1 aromatic heterocycles. The smallest absolute Gasteiger partial charge is 0.237 e. The van der Waals surface area contributed by atoms with Gasteiger partial charge in [-0.05, 0) is 25.3 Å². The fourth-order valence-electron chi connectivity index (χ4n) is 4.78. The van der Waals surface area contributed by atoms with Gasteiger partial charge >= 0.3 is 0 Å². The fraction of sp³-hybridized carbons (Fsp3) is 0.346. The van der Waals surface area contributed by atoms with Gasteiger partial charge in [0.1, 0.15) is 5.82 Å². The molecule has 1 unspecified atom stereocenters. The summed E-state index contributed by atoms with van der Waals surface area (Å²) in [6, 6.07) is 11.7. The molecule has 2 aliphatic rings.